The van der Waals surface area contributed by atoms with Gasteiger partial charge in [0.05, 0.1) is 6.20 Å². The first-order chi connectivity index (χ1) is 10.5. The number of fused-ring (bicyclic) bond motifs is 1. The molecule has 7 heteroatoms. The highest BCUT2D eigenvalue weighted by atomic mass is 16.4. The molecule has 2 aromatic rings. The lowest BCUT2D eigenvalue weighted by Gasteiger charge is -2.25. The Bertz CT molecular complexity index is 713. The third-order valence-electron chi connectivity index (χ3n) is 3.78. The monoisotopic (exact) mass is 300 g/mol. The quantitative estimate of drug-likeness (QED) is 0.864. The Morgan fingerprint density at radius 3 is 2.50 bits per heavy atom. The van der Waals surface area contributed by atoms with Crippen molar-refractivity contribution in [1.29, 1.82) is 0 Å². The molecule has 0 aliphatic heterocycles. The van der Waals surface area contributed by atoms with Crippen LogP contribution >= 0.6 is 0 Å². The van der Waals surface area contributed by atoms with Crippen LogP contribution in [-0.2, 0) is 24.2 Å². The first-order valence-corrected chi connectivity index (χ1v) is 6.96. The van der Waals surface area contributed by atoms with Crippen molar-refractivity contribution in [3.8, 4) is 0 Å². The molecule has 1 aromatic carbocycles. The Balaban J connectivity index is 1.63. The van der Waals surface area contributed by atoms with Gasteiger partial charge in [0.25, 0.3) is 0 Å². The van der Waals surface area contributed by atoms with Crippen molar-refractivity contribution >= 4 is 11.9 Å². The lowest BCUT2D eigenvalue weighted by Crippen LogP contribution is -2.48. The van der Waals surface area contributed by atoms with Crippen LogP contribution in [0.25, 0.3) is 0 Å². The third kappa shape index (κ3) is 2.83. The number of benzene rings is 1. The summed E-state index contributed by atoms with van der Waals surface area (Å²) in [4.78, 5) is 22.9. The molecule has 0 atom stereocenters. The zero-order valence-electron chi connectivity index (χ0n) is 12.1. The van der Waals surface area contributed by atoms with Crippen LogP contribution in [0.15, 0.2) is 30.5 Å². The summed E-state index contributed by atoms with van der Waals surface area (Å²) in [6.45, 7) is 1.96. The summed E-state index contributed by atoms with van der Waals surface area (Å²) in [7, 11) is 0. The predicted molar refractivity (Wildman–Crippen MR) is 77.4 cm³/mol. The number of carbonyl (C=O) groups excluding carboxylic acids is 1. The lowest BCUT2D eigenvalue weighted by molar-refractivity contribution is -0.123. The maximum absolute atomic E-state index is 12.2. The highest BCUT2D eigenvalue weighted by molar-refractivity contribution is 5.84. The molecule has 0 fully saturated rings. The molecule has 1 aliphatic rings. The minimum absolute atomic E-state index is 0.0494. The topological polar surface area (TPSA) is 97.1 Å². The molecule has 0 radical (unpaired) electrons. The fourth-order valence-corrected chi connectivity index (χ4v) is 2.89. The average molecular weight is 300 g/mol. The predicted octanol–water partition coefficient (Wildman–Crippen LogP) is 0.650. The van der Waals surface area contributed by atoms with Gasteiger partial charge in [-0.2, -0.15) is 0 Å². The molecule has 1 heterocycles. The highest BCUT2D eigenvalue weighted by Gasteiger charge is 2.33. The molecule has 1 aliphatic carbocycles. The van der Waals surface area contributed by atoms with Crippen molar-refractivity contribution in [1.82, 2.24) is 20.3 Å². The Morgan fingerprint density at radius 2 is 1.95 bits per heavy atom. The van der Waals surface area contributed by atoms with Crippen molar-refractivity contribution < 1.29 is 14.7 Å². The molecule has 2 N–H and O–H groups in total. The van der Waals surface area contributed by atoms with Gasteiger partial charge in [0.2, 0.25) is 5.91 Å². The van der Waals surface area contributed by atoms with Crippen LogP contribution in [0.5, 0.6) is 0 Å². The van der Waals surface area contributed by atoms with Crippen molar-refractivity contribution in [2.75, 3.05) is 0 Å². The number of nitrogens with one attached hydrogen (secondary N) is 1. The van der Waals surface area contributed by atoms with Gasteiger partial charge in [-0.3, -0.25) is 4.79 Å². The van der Waals surface area contributed by atoms with Gasteiger partial charge in [-0.1, -0.05) is 29.5 Å². The second kappa shape index (κ2) is 5.25. The van der Waals surface area contributed by atoms with Crippen LogP contribution in [0.1, 0.15) is 28.5 Å². The fourth-order valence-electron chi connectivity index (χ4n) is 2.89. The van der Waals surface area contributed by atoms with E-state index in [9.17, 15) is 9.59 Å². The van der Waals surface area contributed by atoms with E-state index in [1.807, 2.05) is 19.1 Å². The van der Waals surface area contributed by atoms with E-state index in [4.69, 9.17) is 5.11 Å². The van der Waals surface area contributed by atoms with Crippen LogP contribution in [0.4, 0.5) is 0 Å². The molecule has 0 saturated carbocycles. The number of aromatic carboxylic acids is 1. The van der Waals surface area contributed by atoms with E-state index in [-0.39, 0.29) is 23.7 Å². The number of aromatic nitrogens is 3. The zero-order valence-corrected chi connectivity index (χ0v) is 12.1. The molecule has 22 heavy (non-hydrogen) atoms. The summed E-state index contributed by atoms with van der Waals surface area (Å²) in [6, 6.07) is 8.14. The SMILES string of the molecule is CC1(NC(=O)Cn2cc(C(=O)O)nn2)Cc2ccccc2C1. The number of rotatable bonds is 4. The first-order valence-electron chi connectivity index (χ1n) is 6.96. The minimum atomic E-state index is -1.16. The molecule has 3 rings (SSSR count). The molecule has 0 unspecified atom stereocenters. The molecule has 7 nitrogen and oxygen atoms in total. The smallest absolute Gasteiger partial charge is 0.358 e. The van der Waals surface area contributed by atoms with Crippen molar-refractivity contribution in [2.45, 2.75) is 31.8 Å². The van der Waals surface area contributed by atoms with Gasteiger partial charge < -0.3 is 10.4 Å². The van der Waals surface area contributed by atoms with Gasteiger partial charge in [0, 0.05) is 5.54 Å². The van der Waals surface area contributed by atoms with E-state index >= 15 is 0 Å². The van der Waals surface area contributed by atoms with Crippen LogP contribution in [0, 0.1) is 0 Å². The van der Waals surface area contributed by atoms with Crippen molar-refractivity contribution in [2.24, 2.45) is 0 Å². The van der Waals surface area contributed by atoms with Gasteiger partial charge in [0.15, 0.2) is 5.69 Å². The summed E-state index contributed by atoms with van der Waals surface area (Å²) in [5.41, 5.74) is 2.00. The van der Waals surface area contributed by atoms with Crippen LogP contribution in [0.3, 0.4) is 0 Å². The van der Waals surface area contributed by atoms with Crippen LogP contribution in [-0.4, -0.2) is 37.5 Å². The number of hydrogen-bond donors (Lipinski definition) is 2. The zero-order chi connectivity index (χ0) is 15.7. The Hall–Kier alpha value is -2.70. The van der Waals surface area contributed by atoms with E-state index in [0.717, 1.165) is 12.8 Å². The first kappa shape index (κ1) is 14.2. The Kier molecular flexibility index (Phi) is 3.40. The lowest BCUT2D eigenvalue weighted by atomic mass is 9.98. The van der Waals surface area contributed by atoms with Crippen LogP contribution in [0.2, 0.25) is 0 Å². The maximum Gasteiger partial charge on any atom is 0.358 e. The van der Waals surface area contributed by atoms with Gasteiger partial charge in [-0.05, 0) is 30.9 Å². The normalized spacial score (nSPS) is 15.3. The van der Waals surface area contributed by atoms with Crippen molar-refractivity contribution in [3.05, 3.63) is 47.3 Å². The number of hydrogen-bond acceptors (Lipinski definition) is 4. The van der Waals surface area contributed by atoms with E-state index in [1.54, 1.807) is 0 Å². The molecule has 0 bridgehead atoms. The summed E-state index contributed by atoms with van der Waals surface area (Å²) in [5, 5.41) is 18.9. The second-order valence-electron chi connectivity index (χ2n) is 5.84. The molecule has 0 spiro atoms. The number of carboxylic acid groups (broad SMARTS) is 1. The largest absolute Gasteiger partial charge is 0.476 e. The Labute approximate surface area is 126 Å². The van der Waals surface area contributed by atoms with Crippen LogP contribution < -0.4 is 5.32 Å². The van der Waals surface area contributed by atoms with Gasteiger partial charge in [-0.25, -0.2) is 9.48 Å². The van der Waals surface area contributed by atoms with E-state index in [1.165, 1.54) is 22.0 Å². The molecular weight excluding hydrogens is 284 g/mol. The molecule has 1 aromatic heterocycles. The Morgan fingerprint density at radius 1 is 1.32 bits per heavy atom. The maximum atomic E-state index is 12.2. The van der Waals surface area contributed by atoms with Crippen molar-refractivity contribution in [3.63, 3.8) is 0 Å². The molecule has 0 saturated heterocycles. The second-order valence-corrected chi connectivity index (χ2v) is 5.84. The van der Waals surface area contributed by atoms with E-state index in [2.05, 4.69) is 27.8 Å². The number of carboxylic acids is 1. The van der Waals surface area contributed by atoms with E-state index < -0.39 is 5.97 Å². The molecule has 114 valence electrons. The summed E-state index contributed by atoms with van der Waals surface area (Å²) < 4.78 is 1.23. The van der Waals surface area contributed by atoms with Gasteiger partial charge in [-0.15, -0.1) is 5.10 Å². The van der Waals surface area contributed by atoms with E-state index in [0.29, 0.717) is 0 Å². The third-order valence-corrected chi connectivity index (χ3v) is 3.78. The molecule has 1 amide bonds. The standard InChI is InChI=1S/C15H16N4O3/c1-15(6-10-4-2-3-5-11(10)7-15)16-13(20)9-19-8-12(14(21)22)17-18-19/h2-5,8H,6-7,9H2,1H3,(H,16,20)(H,21,22). The number of amides is 1. The minimum Gasteiger partial charge on any atom is -0.476 e. The number of carbonyl (C=O) groups is 2. The summed E-state index contributed by atoms with van der Waals surface area (Å²) in [5.74, 6) is -1.37. The molecular formula is C15H16N4O3. The summed E-state index contributed by atoms with van der Waals surface area (Å²) >= 11 is 0. The number of nitrogens with zero attached hydrogens (tertiary/aromatic N) is 3. The summed E-state index contributed by atoms with van der Waals surface area (Å²) in [6.07, 6.45) is 2.81. The highest BCUT2D eigenvalue weighted by Crippen LogP contribution is 2.29. The fraction of sp³-hybridized carbons (Fsp3) is 0.333. The van der Waals surface area contributed by atoms with Gasteiger partial charge >= 0.3 is 5.97 Å². The van der Waals surface area contributed by atoms with Gasteiger partial charge in [0.1, 0.15) is 6.54 Å². The average Bonchev–Trinajstić information content (AvgIpc) is 3.01.